The van der Waals surface area contributed by atoms with Gasteiger partial charge in [0.2, 0.25) is 0 Å². The van der Waals surface area contributed by atoms with Gasteiger partial charge in [0.05, 0.1) is 6.61 Å². The smallest absolute Gasteiger partial charge is 0.0620 e. The molecule has 2 aliphatic heterocycles. The molecule has 2 saturated heterocycles. The lowest BCUT2D eigenvalue weighted by molar-refractivity contribution is 0.187. The summed E-state index contributed by atoms with van der Waals surface area (Å²) in [6.07, 6.45) is 5.33. The van der Waals surface area contributed by atoms with Gasteiger partial charge in [0.15, 0.2) is 0 Å². The zero-order valence-corrected chi connectivity index (χ0v) is 9.87. The van der Waals surface area contributed by atoms with E-state index >= 15 is 0 Å². The minimum atomic E-state index is 0.635. The van der Waals surface area contributed by atoms with Crippen LogP contribution in [0.4, 0.5) is 0 Å². The van der Waals surface area contributed by atoms with E-state index in [9.17, 15) is 0 Å². The van der Waals surface area contributed by atoms with Gasteiger partial charge in [-0.15, -0.1) is 0 Å². The van der Waals surface area contributed by atoms with Crippen molar-refractivity contribution in [2.75, 3.05) is 39.9 Å². The van der Waals surface area contributed by atoms with Gasteiger partial charge in [-0.2, -0.15) is 0 Å². The molecule has 2 aliphatic rings. The molecule has 0 aromatic carbocycles. The van der Waals surface area contributed by atoms with E-state index < -0.39 is 0 Å². The van der Waals surface area contributed by atoms with Gasteiger partial charge in [0.25, 0.3) is 0 Å². The summed E-state index contributed by atoms with van der Waals surface area (Å²) in [7, 11) is 2.23. The first-order valence-electron chi connectivity index (χ1n) is 6.34. The van der Waals surface area contributed by atoms with E-state index in [-0.39, 0.29) is 0 Å². The average Bonchev–Trinajstić information content (AvgIpc) is 2.74. The lowest BCUT2D eigenvalue weighted by Crippen LogP contribution is -2.34. The molecular weight excluding hydrogens is 188 g/mol. The fourth-order valence-corrected chi connectivity index (χ4v) is 2.54. The van der Waals surface area contributed by atoms with Gasteiger partial charge >= 0.3 is 0 Å². The lowest BCUT2D eigenvalue weighted by atomic mass is 9.94. The van der Waals surface area contributed by atoms with Crippen LogP contribution < -0.4 is 5.32 Å². The highest BCUT2D eigenvalue weighted by molar-refractivity contribution is 4.74. The number of hydrogen-bond acceptors (Lipinski definition) is 3. The molecule has 0 radical (unpaired) electrons. The SMILES string of the molecule is CN1CCC(CCNC2CCOC2)CC1. The fraction of sp³-hybridized carbons (Fsp3) is 1.00. The molecule has 0 aliphatic carbocycles. The molecule has 0 spiro atoms. The number of nitrogens with zero attached hydrogens (tertiary/aromatic N) is 1. The summed E-state index contributed by atoms with van der Waals surface area (Å²) >= 11 is 0. The number of rotatable bonds is 4. The Labute approximate surface area is 93.2 Å². The Morgan fingerprint density at radius 2 is 2.07 bits per heavy atom. The summed E-state index contributed by atoms with van der Waals surface area (Å²) in [6.45, 7) is 5.64. The van der Waals surface area contributed by atoms with Gasteiger partial charge in [0.1, 0.15) is 0 Å². The molecule has 2 fully saturated rings. The van der Waals surface area contributed by atoms with Crippen molar-refractivity contribution in [3.8, 4) is 0 Å². The van der Waals surface area contributed by atoms with Crippen LogP contribution in [-0.2, 0) is 4.74 Å². The zero-order valence-electron chi connectivity index (χ0n) is 9.87. The molecule has 3 nitrogen and oxygen atoms in total. The Balaban J connectivity index is 1.53. The minimum absolute atomic E-state index is 0.635. The van der Waals surface area contributed by atoms with Crippen LogP contribution >= 0.6 is 0 Å². The summed E-state index contributed by atoms with van der Waals surface area (Å²) in [5.74, 6) is 0.955. The Kier molecular flexibility index (Phi) is 4.42. The molecule has 2 heterocycles. The van der Waals surface area contributed by atoms with Gasteiger partial charge in [0, 0.05) is 12.6 Å². The van der Waals surface area contributed by atoms with Crippen LogP contribution in [0.2, 0.25) is 0 Å². The lowest BCUT2D eigenvalue weighted by Gasteiger charge is -2.29. The highest BCUT2D eigenvalue weighted by Gasteiger charge is 2.18. The second-order valence-electron chi connectivity index (χ2n) is 5.05. The third-order valence-electron chi connectivity index (χ3n) is 3.75. The van der Waals surface area contributed by atoms with Crippen LogP contribution in [0.3, 0.4) is 0 Å². The summed E-state index contributed by atoms with van der Waals surface area (Å²) in [6, 6.07) is 0.635. The normalized spacial score (nSPS) is 29.8. The average molecular weight is 212 g/mol. The first-order chi connectivity index (χ1) is 7.34. The van der Waals surface area contributed by atoms with Gasteiger partial charge in [-0.25, -0.2) is 0 Å². The number of hydrogen-bond donors (Lipinski definition) is 1. The van der Waals surface area contributed by atoms with Crippen molar-refractivity contribution in [3.63, 3.8) is 0 Å². The van der Waals surface area contributed by atoms with Crippen molar-refractivity contribution < 1.29 is 4.74 Å². The minimum Gasteiger partial charge on any atom is -0.380 e. The second kappa shape index (κ2) is 5.83. The van der Waals surface area contributed by atoms with E-state index in [4.69, 9.17) is 4.74 Å². The fourth-order valence-electron chi connectivity index (χ4n) is 2.54. The largest absolute Gasteiger partial charge is 0.380 e. The predicted octanol–water partition coefficient (Wildman–Crippen LogP) is 1.10. The van der Waals surface area contributed by atoms with Crippen molar-refractivity contribution in [2.24, 2.45) is 5.92 Å². The number of ether oxygens (including phenoxy) is 1. The highest BCUT2D eigenvalue weighted by Crippen LogP contribution is 2.18. The molecule has 0 amide bonds. The van der Waals surface area contributed by atoms with Crippen molar-refractivity contribution in [3.05, 3.63) is 0 Å². The summed E-state index contributed by atoms with van der Waals surface area (Å²) < 4.78 is 5.34. The molecule has 0 aromatic rings. The third-order valence-corrected chi connectivity index (χ3v) is 3.75. The van der Waals surface area contributed by atoms with Crippen molar-refractivity contribution in [1.29, 1.82) is 0 Å². The van der Waals surface area contributed by atoms with E-state index in [0.717, 1.165) is 19.1 Å². The molecule has 3 heteroatoms. The third kappa shape index (κ3) is 3.74. The van der Waals surface area contributed by atoms with Crippen LogP contribution in [0, 0.1) is 5.92 Å². The van der Waals surface area contributed by atoms with Crippen molar-refractivity contribution >= 4 is 0 Å². The van der Waals surface area contributed by atoms with Gasteiger partial charge in [-0.1, -0.05) is 0 Å². The Morgan fingerprint density at radius 1 is 1.27 bits per heavy atom. The molecule has 1 N–H and O–H groups in total. The molecule has 1 atom stereocenters. The Morgan fingerprint density at radius 3 is 2.73 bits per heavy atom. The molecule has 1 unspecified atom stereocenters. The molecule has 88 valence electrons. The van der Waals surface area contributed by atoms with Crippen LogP contribution in [0.15, 0.2) is 0 Å². The van der Waals surface area contributed by atoms with E-state index in [0.29, 0.717) is 6.04 Å². The number of piperidine rings is 1. The molecule has 15 heavy (non-hydrogen) atoms. The van der Waals surface area contributed by atoms with Crippen LogP contribution in [-0.4, -0.2) is 50.8 Å². The molecule has 0 aromatic heterocycles. The predicted molar refractivity (Wildman–Crippen MR) is 62.1 cm³/mol. The maximum Gasteiger partial charge on any atom is 0.0620 e. The molecular formula is C12H24N2O. The molecule has 0 saturated carbocycles. The monoisotopic (exact) mass is 212 g/mol. The van der Waals surface area contributed by atoms with E-state index in [2.05, 4.69) is 17.3 Å². The number of likely N-dealkylation sites (tertiary alicyclic amines) is 1. The van der Waals surface area contributed by atoms with Gasteiger partial charge in [-0.05, 0) is 58.3 Å². The van der Waals surface area contributed by atoms with E-state index in [1.807, 2.05) is 0 Å². The Hall–Kier alpha value is -0.120. The van der Waals surface area contributed by atoms with Crippen molar-refractivity contribution in [2.45, 2.75) is 31.7 Å². The maximum absolute atomic E-state index is 5.34. The maximum atomic E-state index is 5.34. The second-order valence-corrected chi connectivity index (χ2v) is 5.05. The summed E-state index contributed by atoms with van der Waals surface area (Å²) in [5, 5.41) is 3.60. The standard InChI is InChI=1S/C12H24N2O/c1-14-7-3-11(4-8-14)2-6-13-12-5-9-15-10-12/h11-13H,2-10H2,1H3. The van der Waals surface area contributed by atoms with E-state index in [1.165, 1.54) is 45.3 Å². The van der Waals surface area contributed by atoms with E-state index in [1.54, 1.807) is 0 Å². The van der Waals surface area contributed by atoms with Crippen LogP contribution in [0.5, 0.6) is 0 Å². The molecule has 2 rings (SSSR count). The Bertz CT molecular complexity index is 172. The molecule has 0 bridgehead atoms. The number of nitrogens with one attached hydrogen (secondary N) is 1. The zero-order chi connectivity index (χ0) is 10.5. The van der Waals surface area contributed by atoms with Gasteiger partial charge < -0.3 is 15.0 Å². The summed E-state index contributed by atoms with van der Waals surface area (Å²) in [5.41, 5.74) is 0. The van der Waals surface area contributed by atoms with Crippen molar-refractivity contribution in [1.82, 2.24) is 10.2 Å². The summed E-state index contributed by atoms with van der Waals surface area (Å²) in [4.78, 5) is 2.44. The topological polar surface area (TPSA) is 24.5 Å². The highest BCUT2D eigenvalue weighted by atomic mass is 16.5. The first kappa shape index (κ1) is 11.4. The van der Waals surface area contributed by atoms with Crippen LogP contribution in [0.1, 0.15) is 25.7 Å². The quantitative estimate of drug-likeness (QED) is 0.755. The van der Waals surface area contributed by atoms with Gasteiger partial charge in [-0.3, -0.25) is 0 Å². The first-order valence-corrected chi connectivity index (χ1v) is 6.34. The van der Waals surface area contributed by atoms with Crippen LogP contribution in [0.25, 0.3) is 0 Å².